The minimum atomic E-state index is 0.815. The van der Waals surface area contributed by atoms with Crippen molar-refractivity contribution in [3.05, 3.63) is 35.9 Å². The van der Waals surface area contributed by atoms with Gasteiger partial charge >= 0.3 is 0 Å². The molecule has 2 N–H and O–H groups in total. The highest BCUT2D eigenvalue weighted by Gasteiger charge is 2.36. The van der Waals surface area contributed by atoms with Crippen molar-refractivity contribution in [3.8, 4) is 0 Å². The molecule has 2 atom stereocenters. The summed E-state index contributed by atoms with van der Waals surface area (Å²) < 4.78 is 0. The van der Waals surface area contributed by atoms with E-state index in [-0.39, 0.29) is 0 Å². The van der Waals surface area contributed by atoms with Crippen LogP contribution in [-0.4, -0.2) is 6.54 Å². The third-order valence-corrected chi connectivity index (χ3v) is 2.69. The van der Waals surface area contributed by atoms with E-state index in [1.807, 2.05) is 0 Å². The van der Waals surface area contributed by atoms with Crippen molar-refractivity contribution in [2.24, 2.45) is 11.7 Å². The highest BCUT2D eigenvalue weighted by molar-refractivity contribution is 5.25. The van der Waals surface area contributed by atoms with Gasteiger partial charge in [0.15, 0.2) is 0 Å². The Morgan fingerprint density at radius 3 is 2.67 bits per heavy atom. The number of hydrogen-bond acceptors (Lipinski definition) is 1. The summed E-state index contributed by atoms with van der Waals surface area (Å²) >= 11 is 0. The Bertz CT molecular complexity index is 242. The molecule has 1 nitrogen and oxygen atoms in total. The van der Waals surface area contributed by atoms with E-state index in [1.54, 1.807) is 0 Å². The standard InChI is InChI=1S/C11H15N/c12-7-6-10-8-11(10)9-4-2-1-3-5-9/h1-5,10-11H,6-8,12H2. The fraction of sp³-hybridized carbons (Fsp3) is 0.455. The van der Waals surface area contributed by atoms with Gasteiger partial charge in [0.25, 0.3) is 0 Å². The topological polar surface area (TPSA) is 26.0 Å². The van der Waals surface area contributed by atoms with Gasteiger partial charge in [0.2, 0.25) is 0 Å². The molecule has 1 heteroatoms. The molecule has 12 heavy (non-hydrogen) atoms. The lowest BCUT2D eigenvalue weighted by molar-refractivity contribution is 0.715. The van der Waals surface area contributed by atoms with Gasteiger partial charge in [0.05, 0.1) is 0 Å². The van der Waals surface area contributed by atoms with Crippen LogP contribution in [0.25, 0.3) is 0 Å². The quantitative estimate of drug-likeness (QED) is 0.722. The largest absolute Gasteiger partial charge is 0.330 e. The van der Waals surface area contributed by atoms with Crippen LogP contribution in [0.2, 0.25) is 0 Å². The van der Waals surface area contributed by atoms with Gasteiger partial charge in [-0.25, -0.2) is 0 Å². The molecule has 0 saturated heterocycles. The Morgan fingerprint density at radius 1 is 1.25 bits per heavy atom. The molecule has 1 aromatic rings. The molecule has 1 aliphatic rings. The Kier molecular flexibility index (Phi) is 2.13. The van der Waals surface area contributed by atoms with Crippen molar-refractivity contribution in [2.45, 2.75) is 18.8 Å². The second-order valence-corrected chi connectivity index (χ2v) is 3.59. The van der Waals surface area contributed by atoms with Gasteiger partial charge in [-0.15, -0.1) is 0 Å². The molecular weight excluding hydrogens is 146 g/mol. The number of nitrogens with two attached hydrogens (primary N) is 1. The fourth-order valence-corrected chi connectivity index (χ4v) is 1.89. The normalized spacial score (nSPS) is 27.1. The molecule has 0 aliphatic heterocycles. The first-order valence-corrected chi connectivity index (χ1v) is 4.67. The maximum atomic E-state index is 5.51. The summed E-state index contributed by atoms with van der Waals surface area (Å²) in [5.74, 6) is 1.69. The van der Waals surface area contributed by atoms with E-state index in [0.29, 0.717) is 0 Å². The zero-order valence-electron chi connectivity index (χ0n) is 7.24. The molecule has 2 rings (SSSR count). The van der Waals surface area contributed by atoms with Crippen LogP contribution in [0.15, 0.2) is 30.3 Å². The zero-order chi connectivity index (χ0) is 8.39. The molecular formula is C11H15N. The van der Waals surface area contributed by atoms with Gasteiger partial charge in [-0.1, -0.05) is 30.3 Å². The summed E-state index contributed by atoms with van der Waals surface area (Å²) in [4.78, 5) is 0. The Morgan fingerprint density at radius 2 is 2.00 bits per heavy atom. The van der Waals surface area contributed by atoms with E-state index in [0.717, 1.165) is 18.4 Å². The molecule has 0 bridgehead atoms. The Labute approximate surface area is 73.6 Å². The molecule has 0 radical (unpaired) electrons. The van der Waals surface area contributed by atoms with E-state index < -0.39 is 0 Å². The first-order valence-electron chi connectivity index (χ1n) is 4.67. The highest BCUT2D eigenvalue weighted by atomic mass is 14.5. The first kappa shape index (κ1) is 7.81. The van der Waals surface area contributed by atoms with Gasteiger partial charge < -0.3 is 5.73 Å². The molecule has 2 unspecified atom stereocenters. The van der Waals surface area contributed by atoms with Crippen LogP contribution in [0.4, 0.5) is 0 Å². The lowest BCUT2D eigenvalue weighted by Crippen LogP contribution is -1.99. The van der Waals surface area contributed by atoms with Crippen molar-refractivity contribution in [1.29, 1.82) is 0 Å². The maximum Gasteiger partial charge on any atom is -0.00744 e. The summed E-state index contributed by atoms with van der Waals surface area (Å²) in [6.45, 7) is 0.841. The molecule has 64 valence electrons. The average molecular weight is 161 g/mol. The van der Waals surface area contributed by atoms with E-state index in [2.05, 4.69) is 30.3 Å². The fourth-order valence-electron chi connectivity index (χ4n) is 1.89. The second-order valence-electron chi connectivity index (χ2n) is 3.59. The zero-order valence-corrected chi connectivity index (χ0v) is 7.24. The molecule has 0 amide bonds. The summed E-state index contributed by atoms with van der Waals surface area (Å²) in [6.07, 6.45) is 2.54. The predicted octanol–water partition coefficient (Wildman–Crippen LogP) is 2.14. The number of rotatable bonds is 3. The van der Waals surface area contributed by atoms with Crippen LogP contribution in [0.5, 0.6) is 0 Å². The van der Waals surface area contributed by atoms with Crippen molar-refractivity contribution in [3.63, 3.8) is 0 Å². The van der Waals surface area contributed by atoms with Crippen molar-refractivity contribution >= 4 is 0 Å². The van der Waals surface area contributed by atoms with E-state index in [4.69, 9.17) is 5.73 Å². The molecule has 1 fully saturated rings. The minimum absolute atomic E-state index is 0.815. The van der Waals surface area contributed by atoms with E-state index in [1.165, 1.54) is 18.4 Å². The van der Waals surface area contributed by atoms with Crippen LogP contribution in [0.1, 0.15) is 24.3 Å². The van der Waals surface area contributed by atoms with Crippen molar-refractivity contribution < 1.29 is 0 Å². The lowest BCUT2D eigenvalue weighted by atomic mass is 10.1. The summed E-state index contributed by atoms with van der Waals surface area (Å²) in [7, 11) is 0. The molecule has 0 aromatic heterocycles. The molecule has 1 saturated carbocycles. The monoisotopic (exact) mass is 161 g/mol. The number of benzene rings is 1. The molecule has 0 spiro atoms. The minimum Gasteiger partial charge on any atom is -0.330 e. The predicted molar refractivity (Wildman–Crippen MR) is 51.0 cm³/mol. The first-order chi connectivity index (χ1) is 5.92. The third-order valence-electron chi connectivity index (χ3n) is 2.69. The molecule has 1 aliphatic carbocycles. The van der Waals surface area contributed by atoms with Crippen LogP contribution >= 0.6 is 0 Å². The highest BCUT2D eigenvalue weighted by Crippen LogP contribution is 2.48. The van der Waals surface area contributed by atoms with E-state index in [9.17, 15) is 0 Å². The van der Waals surface area contributed by atoms with Crippen LogP contribution in [0.3, 0.4) is 0 Å². The smallest absolute Gasteiger partial charge is 0.00744 e. The van der Waals surface area contributed by atoms with Gasteiger partial charge in [0, 0.05) is 0 Å². The summed E-state index contributed by atoms with van der Waals surface area (Å²) in [5.41, 5.74) is 7.01. The van der Waals surface area contributed by atoms with Crippen LogP contribution < -0.4 is 5.73 Å². The molecule has 1 aromatic carbocycles. The SMILES string of the molecule is NCCC1CC1c1ccccc1. The van der Waals surface area contributed by atoms with Crippen LogP contribution in [0, 0.1) is 5.92 Å². The second kappa shape index (κ2) is 3.28. The molecule has 0 heterocycles. The van der Waals surface area contributed by atoms with E-state index >= 15 is 0 Å². The van der Waals surface area contributed by atoms with Gasteiger partial charge in [0.1, 0.15) is 0 Å². The Balaban J connectivity index is 1.97. The van der Waals surface area contributed by atoms with Gasteiger partial charge in [-0.05, 0) is 36.8 Å². The van der Waals surface area contributed by atoms with Crippen molar-refractivity contribution in [2.75, 3.05) is 6.54 Å². The van der Waals surface area contributed by atoms with Gasteiger partial charge in [-0.2, -0.15) is 0 Å². The van der Waals surface area contributed by atoms with Gasteiger partial charge in [-0.3, -0.25) is 0 Å². The maximum absolute atomic E-state index is 5.51. The Hall–Kier alpha value is -0.820. The third kappa shape index (κ3) is 1.51. The van der Waals surface area contributed by atoms with Crippen LogP contribution in [-0.2, 0) is 0 Å². The summed E-state index contributed by atoms with van der Waals surface area (Å²) in [5, 5.41) is 0. The van der Waals surface area contributed by atoms with Crippen molar-refractivity contribution in [1.82, 2.24) is 0 Å². The lowest BCUT2D eigenvalue weighted by Gasteiger charge is -1.97. The number of hydrogen-bond donors (Lipinski definition) is 1. The average Bonchev–Trinajstić information content (AvgIpc) is 2.87. The summed E-state index contributed by atoms with van der Waals surface area (Å²) in [6, 6.07) is 10.8.